The first-order valence-corrected chi connectivity index (χ1v) is 13.8. The minimum atomic E-state index is -4.09. The summed E-state index contributed by atoms with van der Waals surface area (Å²) in [6.07, 6.45) is 0. The maximum atomic E-state index is 13.8. The fourth-order valence-electron chi connectivity index (χ4n) is 3.89. The number of para-hydroxylation sites is 1. The van der Waals surface area contributed by atoms with E-state index < -0.39 is 28.5 Å². The van der Waals surface area contributed by atoms with E-state index in [0.29, 0.717) is 22.8 Å². The summed E-state index contributed by atoms with van der Waals surface area (Å²) in [5, 5.41) is 3.29. The number of halogens is 1. The number of carbonyl (C=O) groups is 2. The summed E-state index contributed by atoms with van der Waals surface area (Å²) < 4.78 is 28.8. The summed E-state index contributed by atoms with van der Waals surface area (Å²) in [4.78, 5) is 28.0. The fraction of sp³-hybridized carbons (Fsp3) is 0.286. The van der Waals surface area contributed by atoms with Gasteiger partial charge in [0.2, 0.25) is 11.8 Å². The van der Waals surface area contributed by atoms with Crippen LogP contribution in [0.3, 0.4) is 0 Å². The third-order valence-electron chi connectivity index (χ3n) is 6.06. The molecule has 0 heterocycles. The van der Waals surface area contributed by atoms with Crippen LogP contribution in [0.2, 0.25) is 5.02 Å². The van der Waals surface area contributed by atoms with E-state index in [-0.39, 0.29) is 17.3 Å². The Balaban J connectivity index is 2.03. The zero-order chi connectivity index (χ0) is 27.2. The number of aryl methyl sites for hydroxylation is 2. The van der Waals surface area contributed by atoms with Crippen molar-refractivity contribution in [2.45, 2.75) is 45.2 Å². The molecule has 0 aliphatic rings. The number of anilines is 1. The van der Waals surface area contributed by atoms with E-state index in [0.717, 1.165) is 15.4 Å². The summed E-state index contributed by atoms with van der Waals surface area (Å²) in [6.45, 7) is 7.13. The highest BCUT2D eigenvalue weighted by Crippen LogP contribution is 2.27. The lowest BCUT2D eigenvalue weighted by atomic mass is 10.1. The van der Waals surface area contributed by atoms with E-state index in [1.807, 2.05) is 6.92 Å². The Labute approximate surface area is 224 Å². The number of hydrogen-bond donors (Lipinski definition) is 1. The molecule has 0 radical (unpaired) electrons. The van der Waals surface area contributed by atoms with E-state index in [1.165, 1.54) is 17.0 Å². The van der Waals surface area contributed by atoms with Gasteiger partial charge < -0.3 is 10.2 Å². The number of likely N-dealkylation sites (N-methyl/N-ethyl adjacent to an activating group) is 1. The molecule has 0 saturated carbocycles. The minimum Gasteiger partial charge on any atom is -0.355 e. The Kier molecular flexibility index (Phi) is 9.34. The van der Waals surface area contributed by atoms with Crippen LogP contribution in [0.1, 0.15) is 30.5 Å². The van der Waals surface area contributed by atoms with Crippen LogP contribution in [-0.4, -0.2) is 44.3 Å². The molecule has 9 heteroatoms. The van der Waals surface area contributed by atoms with E-state index in [9.17, 15) is 18.0 Å². The van der Waals surface area contributed by atoms with Crippen molar-refractivity contribution in [3.63, 3.8) is 0 Å². The zero-order valence-corrected chi connectivity index (χ0v) is 23.0. The Hall–Kier alpha value is -3.36. The summed E-state index contributed by atoms with van der Waals surface area (Å²) in [5.74, 6) is -0.832. The molecule has 0 saturated heterocycles. The first kappa shape index (κ1) is 28.2. The summed E-state index contributed by atoms with van der Waals surface area (Å²) >= 11 is 6.02. The van der Waals surface area contributed by atoms with Gasteiger partial charge in [0.15, 0.2) is 0 Å². The standard InChI is InChI=1S/C28H32ClN3O4S/c1-5-30-28(34)22(4)31(18-23-12-14-24(29)15-13-23)27(33)19-32(26-9-7-6-8-21(26)3)37(35,36)25-16-10-20(2)11-17-25/h6-17,22H,5,18-19H2,1-4H3,(H,30,34). The molecular formula is C28H32ClN3O4S. The molecule has 3 rings (SSSR count). The SMILES string of the molecule is CCNC(=O)C(C)N(Cc1ccc(Cl)cc1)C(=O)CN(c1ccccc1C)S(=O)(=O)c1ccc(C)cc1. The van der Waals surface area contributed by atoms with Crippen LogP contribution in [-0.2, 0) is 26.2 Å². The predicted octanol–water partition coefficient (Wildman–Crippen LogP) is 4.71. The van der Waals surface area contributed by atoms with Crippen LogP contribution in [0.15, 0.2) is 77.7 Å². The molecular weight excluding hydrogens is 510 g/mol. The Morgan fingerprint density at radius 2 is 1.57 bits per heavy atom. The third kappa shape index (κ3) is 6.90. The molecule has 0 aliphatic heterocycles. The van der Waals surface area contributed by atoms with Crippen molar-refractivity contribution < 1.29 is 18.0 Å². The van der Waals surface area contributed by atoms with Gasteiger partial charge >= 0.3 is 0 Å². The second-order valence-corrected chi connectivity index (χ2v) is 11.1. The molecule has 0 aliphatic carbocycles. The number of hydrogen-bond acceptors (Lipinski definition) is 4. The highest BCUT2D eigenvalue weighted by molar-refractivity contribution is 7.92. The van der Waals surface area contributed by atoms with Gasteiger partial charge in [0.1, 0.15) is 12.6 Å². The smallest absolute Gasteiger partial charge is 0.264 e. The molecule has 0 bridgehead atoms. The Morgan fingerprint density at radius 1 is 0.946 bits per heavy atom. The van der Waals surface area contributed by atoms with Crippen LogP contribution in [0.5, 0.6) is 0 Å². The van der Waals surface area contributed by atoms with Gasteiger partial charge in [-0.05, 0) is 69.2 Å². The van der Waals surface area contributed by atoms with Crippen LogP contribution in [0.4, 0.5) is 5.69 Å². The van der Waals surface area contributed by atoms with E-state index in [2.05, 4.69) is 5.32 Å². The van der Waals surface area contributed by atoms with Crippen LogP contribution in [0.25, 0.3) is 0 Å². The van der Waals surface area contributed by atoms with Gasteiger partial charge in [-0.15, -0.1) is 0 Å². The van der Waals surface area contributed by atoms with E-state index in [1.54, 1.807) is 81.4 Å². The lowest BCUT2D eigenvalue weighted by Crippen LogP contribution is -2.51. The number of amides is 2. The second kappa shape index (κ2) is 12.3. The van der Waals surface area contributed by atoms with Crippen molar-refractivity contribution in [1.29, 1.82) is 0 Å². The first-order chi connectivity index (χ1) is 17.5. The van der Waals surface area contributed by atoms with Crippen molar-refractivity contribution >= 4 is 39.1 Å². The molecule has 0 spiro atoms. The van der Waals surface area contributed by atoms with Gasteiger partial charge in [-0.25, -0.2) is 8.42 Å². The van der Waals surface area contributed by atoms with Crippen LogP contribution >= 0.6 is 11.6 Å². The lowest BCUT2D eigenvalue weighted by Gasteiger charge is -2.32. The van der Waals surface area contributed by atoms with E-state index in [4.69, 9.17) is 11.6 Å². The average molecular weight is 542 g/mol. The Bertz CT molecular complexity index is 1340. The fourth-order valence-corrected chi connectivity index (χ4v) is 5.49. The molecule has 0 fully saturated rings. The molecule has 1 atom stereocenters. The number of carbonyl (C=O) groups excluding carboxylic acids is 2. The number of rotatable bonds is 10. The van der Waals surface area contributed by atoms with Gasteiger partial charge in [0.25, 0.3) is 10.0 Å². The summed E-state index contributed by atoms with van der Waals surface area (Å²) in [5.41, 5.74) is 2.78. The summed E-state index contributed by atoms with van der Waals surface area (Å²) in [7, 11) is -4.09. The Morgan fingerprint density at radius 3 is 2.16 bits per heavy atom. The highest BCUT2D eigenvalue weighted by atomic mass is 35.5. The molecule has 1 unspecified atom stereocenters. The number of benzene rings is 3. The van der Waals surface area contributed by atoms with Gasteiger partial charge in [-0.3, -0.25) is 13.9 Å². The normalized spacial score (nSPS) is 12.0. The molecule has 37 heavy (non-hydrogen) atoms. The quantitative estimate of drug-likeness (QED) is 0.403. The average Bonchev–Trinajstić information content (AvgIpc) is 2.87. The van der Waals surface area contributed by atoms with Crippen molar-refractivity contribution in [3.8, 4) is 0 Å². The third-order valence-corrected chi connectivity index (χ3v) is 8.08. The predicted molar refractivity (Wildman–Crippen MR) is 147 cm³/mol. The van der Waals surface area contributed by atoms with Gasteiger partial charge in [0, 0.05) is 18.1 Å². The monoisotopic (exact) mass is 541 g/mol. The second-order valence-electron chi connectivity index (χ2n) is 8.83. The maximum Gasteiger partial charge on any atom is 0.264 e. The van der Waals surface area contributed by atoms with Crippen molar-refractivity contribution in [2.75, 3.05) is 17.4 Å². The molecule has 7 nitrogen and oxygen atoms in total. The minimum absolute atomic E-state index is 0.0789. The topological polar surface area (TPSA) is 86.8 Å². The van der Waals surface area contributed by atoms with Crippen molar-refractivity contribution in [2.24, 2.45) is 0 Å². The van der Waals surface area contributed by atoms with Gasteiger partial charge in [0.05, 0.1) is 10.6 Å². The largest absolute Gasteiger partial charge is 0.355 e. The maximum absolute atomic E-state index is 13.8. The first-order valence-electron chi connectivity index (χ1n) is 12.0. The highest BCUT2D eigenvalue weighted by Gasteiger charge is 2.32. The lowest BCUT2D eigenvalue weighted by molar-refractivity contribution is -0.139. The summed E-state index contributed by atoms with van der Waals surface area (Å²) in [6, 6.07) is 19.6. The van der Waals surface area contributed by atoms with Crippen LogP contribution < -0.4 is 9.62 Å². The molecule has 3 aromatic carbocycles. The van der Waals surface area contributed by atoms with Crippen molar-refractivity contribution in [3.05, 3.63) is 94.5 Å². The molecule has 3 aromatic rings. The van der Waals surface area contributed by atoms with Gasteiger partial charge in [-0.2, -0.15) is 0 Å². The zero-order valence-electron chi connectivity index (χ0n) is 21.4. The number of nitrogens with zero attached hydrogens (tertiary/aromatic N) is 2. The molecule has 2 amide bonds. The van der Waals surface area contributed by atoms with E-state index >= 15 is 0 Å². The molecule has 1 N–H and O–H groups in total. The number of nitrogens with one attached hydrogen (secondary N) is 1. The molecule has 196 valence electrons. The van der Waals surface area contributed by atoms with Crippen molar-refractivity contribution in [1.82, 2.24) is 10.2 Å². The molecule has 0 aromatic heterocycles. The van der Waals surface area contributed by atoms with Gasteiger partial charge in [-0.1, -0.05) is 59.6 Å². The number of sulfonamides is 1. The van der Waals surface area contributed by atoms with Crippen LogP contribution in [0, 0.1) is 13.8 Å².